The quantitative estimate of drug-likeness (QED) is 0.924. The summed E-state index contributed by atoms with van der Waals surface area (Å²) < 4.78 is 0. The molecular formula is C17H26N4. The van der Waals surface area contributed by atoms with Crippen LogP contribution < -0.4 is 10.6 Å². The summed E-state index contributed by atoms with van der Waals surface area (Å²) in [6.45, 7) is 7.70. The first-order valence-electron chi connectivity index (χ1n) is 7.97. The van der Waals surface area contributed by atoms with Crippen LogP contribution in [-0.2, 0) is 0 Å². The molecule has 1 saturated carbocycles. The summed E-state index contributed by atoms with van der Waals surface area (Å²) in [5.74, 6) is 0.527. The number of aromatic nitrogens is 1. The number of hydrogen-bond acceptors (Lipinski definition) is 4. The number of anilines is 1. The lowest BCUT2D eigenvalue weighted by Gasteiger charge is -2.41. The topological polar surface area (TPSA) is 65.9 Å². The molecule has 1 aromatic heterocycles. The van der Waals surface area contributed by atoms with Crippen LogP contribution in [0.15, 0.2) is 6.07 Å². The first-order chi connectivity index (χ1) is 10.1. The van der Waals surface area contributed by atoms with E-state index in [-0.39, 0.29) is 0 Å². The Kier molecular flexibility index (Phi) is 5.19. The second-order valence-electron chi connectivity index (χ2n) is 5.99. The van der Waals surface area contributed by atoms with Gasteiger partial charge in [-0.3, -0.25) is 4.98 Å². The lowest BCUT2D eigenvalue weighted by atomic mass is 9.83. The first-order valence-corrected chi connectivity index (χ1v) is 7.97. The Bertz CT molecular complexity index is 532. The predicted octanol–water partition coefficient (Wildman–Crippen LogP) is 2.91. The van der Waals surface area contributed by atoms with Crippen LogP contribution in [0.1, 0.15) is 49.6 Å². The molecule has 1 heterocycles. The number of rotatable bonds is 4. The molecule has 114 valence electrons. The third-order valence-electron chi connectivity index (χ3n) is 4.64. The van der Waals surface area contributed by atoms with Gasteiger partial charge in [-0.1, -0.05) is 12.8 Å². The van der Waals surface area contributed by atoms with Crippen LogP contribution in [0.25, 0.3) is 0 Å². The van der Waals surface area contributed by atoms with E-state index in [9.17, 15) is 5.26 Å². The molecule has 2 N–H and O–H groups in total. The minimum absolute atomic E-state index is 0.446. The van der Waals surface area contributed by atoms with Gasteiger partial charge in [0.1, 0.15) is 6.07 Å². The molecule has 0 aliphatic heterocycles. The van der Waals surface area contributed by atoms with Crippen molar-refractivity contribution in [2.75, 3.05) is 18.0 Å². The summed E-state index contributed by atoms with van der Waals surface area (Å²) in [7, 11) is 0. The van der Waals surface area contributed by atoms with Crippen molar-refractivity contribution in [3.63, 3.8) is 0 Å². The zero-order chi connectivity index (χ0) is 15.4. The van der Waals surface area contributed by atoms with Crippen molar-refractivity contribution in [3.05, 3.63) is 23.0 Å². The average molecular weight is 286 g/mol. The van der Waals surface area contributed by atoms with Crippen molar-refractivity contribution in [2.24, 2.45) is 11.7 Å². The van der Waals surface area contributed by atoms with E-state index in [1.165, 1.54) is 25.7 Å². The first kappa shape index (κ1) is 15.8. The number of pyridine rings is 1. The zero-order valence-electron chi connectivity index (χ0n) is 13.4. The Labute approximate surface area is 128 Å². The van der Waals surface area contributed by atoms with E-state index in [1.54, 1.807) is 0 Å². The largest absolute Gasteiger partial charge is 0.367 e. The third kappa shape index (κ3) is 3.19. The molecule has 0 amide bonds. The summed E-state index contributed by atoms with van der Waals surface area (Å²) in [6, 6.07) is 4.84. The Hall–Kier alpha value is -1.60. The van der Waals surface area contributed by atoms with Crippen molar-refractivity contribution in [1.82, 2.24) is 4.98 Å². The van der Waals surface area contributed by atoms with Crippen LogP contribution in [0.2, 0.25) is 0 Å². The van der Waals surface area contributed by atoms with Gasteiger partial charge in [-0.05, 0) is 52.1 Å². The van der Waals surface area contributed by atoms with E-state index in [0.29, 0.717) is 17.5 Å². The summed E-state index contributed by atoms with van der Waals surface area (Å²) in [5.41, 5.74) is 9.54. The Morgan fingerprint density at radius 1 is 1.38 bits per heavy atom. The van der Waals surface area contributed by atoms with E-state index < -0.39 is 0 Å². The van der Waals surface area contributed by atoms with Crippen molar-refractivity contribution < 1.29 is 0 Å². The van der Waals surface area contributed by atoms with E-state index >= 15 is 0 Å². The van der Waals surface area contributed by atoms with Crippen LogP contribution in [0, 0.1) is 31.1 Å². The Morgan fingerprint density at radius 2 is 2.10 bits per heavy atom. The highest BCUT2D eigenvalue weighted by molar-refractivity contribution is 5.62. The Morgan fingerprint density at radius 3 is 2.71 bits per heavy atom. The fourth-order valence-corrected chi connectivity index (χ4v) is 3.63. The molecule has 4 nitrogen and oxygen atoms in total. The highest BCUT2D eigenvalue weighted by Gasteiger charge is 2.30. The number of hydrogen-bond donors (Lipinski definition) is 1. The maximum absolute atomic E-state index is 9.51. The van der Waals surface area contributed by atoms with Crippen molar-refractivity contribution in [3.8, 4) is 6.07 Å². The maximum atomic E-state index is 9.51. The number of nitrogens with zero attached hydrogens (tertiary/aromatic N) is 3. The highest BCUT2D eigenvalue weighted by Crippen LogP contribution is 2.33. The van der Waals surface area contributed by atoms with E-state index in [1.807, 2.05) is 13.8 Å². The minimum Gasteiger partial charge on any atom is -0.367 e. The van der Waals surface area contributed by atoms with Crippen LogP contribution >= 0.6 is 0 Å². The molecule has 0 spiro atoms. The molecule has 0 radical (unpaired) electrons. The van der Waals surface area contributed by atoms with Crippen LogP contribution in [0.3, 0.4) is 0 Å². The second kappa shape index (κ2) is 6.91. The molecule has 1 aliphatic rings. The van der Waals surface area contributed by atoms with Gasteiger partial charge in [0.05, 0.1) is 16.9 Å². The van der Waals surface area contributed by atoms with Crippen LogP contribution in [0.5, 0.6) is 0 Å². The van der Waals surface area contributed by atoms with Gasteiger partial charge in [0, 0.05) is 18.3 Å². The molecule has 1 aliphatic carbocycles. The monoisotopic (exact) mass is 286 g/mol. The molecule has 0 saturated heterocycles. The zero-order valence-corrected chi connectivity index (χ0v) is 13.4. The van der Waals surface area contributed by atoms with Gasteiger partial charge < -0.3 is 10.6 Å². The van der Waals surface area contributed by atoms with Gasteiger partial charge in [-0.25, -0.2) is 0 Å². The molecule has 2 rings (SSSR count). The molecular weight excluding hydrogens is 260 g/mol. The van der Waals surface area contributed by atoms with Gasteiger partial charge >= 0.3 is 0 Å². The van der Waals surface area contributed by atoms with Crippen molar-refractivity contribution in [2.45, 2.75) is 52.5 Å². The van der Waals surface area contributed by atoms with Crippen LogP contribution in [0.4, 0.5) is 5.69 Å². The molecule has 2 atom stereocenters. The summed E-state index contributed by atoms with van der Waals surface area (Å²) >= 11 is 0. The number of aryl methyl sites for hydroxylation is 2. The molecule has 0 bridgehead atoms. The minimum atomic E-state index is 0.446. The van der Waals surface area contributed by atoms with E-state index in [2.05, 4.69) is 28.9 Å². The highest BCUT2D eigenvalue weighted by atomic mass is 15.2. The normalized spacial score (nSPS) is 21.9. The standard InChI is InChI=1S/C17H26N4/c1-4-21(16-8-6-5-7-14(16)10-18)17-9-12(2)20-13(3)15(17)11-19/h9,14,16H,4-8,10,18H2,1-3H3. The number of nitriles is 1. The second-order valence-corrected chi connectivity index (χ2v) is 5.99. The summed E-state index contributed by atoms with van der Waals surface area (Å²) in [5, 5.41) is 9.51. The summed E-state index contributed by atoms with van der Waals surface area (Å²) in [4.78, 5) is 6.82. The predicted molar refractivity (Wildman–Crippen MR) is 86.2 cm³/mol. The van der Waals surface area contributed by atoms with Crippen LogP contribution in [-0.4, -0.2) is 24.1 Å². The van der Waals surface area contributed by atoms with E-state index in [0.717, 1.165) is 30.2 Å². The molecule has 0 aromatic carbocycles. The average Bonchev–Trinajstić information content (AvgIpc) is 2.48. The van der Waals surface area contributed by atoms with Gasteiger partial charge in [0.25, 0.3) is 0 Å². The SMILES string of the molecule is CCN(c1cc(C)nc(C)c1C#N)C1CCCCC1CN. The molecule has 1 aromatic rings. The lowest BCUT2D eigenvalue weighted by molar-refractivity contribution is 0.300. The fourth-order valence-electron chi connectivity index (χ4n) is 3.63. The van der Waals surface area contributed by atoms with Crippen molar-refractivity contribution in [1.29, 1.82) is 5.26 Å². The van der Waals surface area contributed by atoms with E-state index in [4.69, 9.17) is 5.73 Å². The lowest BCUT2D eigenvalue weighted by Crippen LogP contribution is -2.45. The number of nitrogens with two attached hydrogens (primary N) is 1. The molecule has 2 unspecified atom stereocenters. The van der Waals surface area contributed by atoms with Gasteiger partial charge in [0.15, 0.2) is 0 Å². The Balaban J connectivity index is 2.43. The molecule has 1 fully saturated rings. The molecule has 21 heavy (non-hydrogen) atoms. The van der Waals surface area contributed by atoms with Gasteiger partial charge in [-0.2, -0.15) is 5.26 Å². The van der Waals surface area contributed by atoms with Gasteiger partial charge in [-0.15, -0.1) is 0 Å². The smallest absolute Gasteiger partial charge is 0.103 e. The maximum Gasteiger partial charge on any atom is 0.103 e. The fraction of sp³-hybridized carbons (Fsp3) is 0.647. The van der Waals surface area contributed by atoms with Crippen molar-refractivity contribution >= 4 is 5.69 Å². The third-order valence-corrected chi connectivity index (χ3v) is 4.64. The summed E-state index contributed by atoms with van der Waals surface area (Å²) in [6.07, 6.45) is 4.89. The molecule has 4 heteroatoms. The van der Waals surface area contributed by atoms with Gasteiger partial charge in [0.2, 0.25) is 0 Å².